The molecule has 8 nitrogen and oxygen atoms in total. The number of carbonyl (C=O) groups excluding carboxylic acids is 1. The Kier molecular flexibility index (Phi) is 7.49. The Balaban J connectivity index is 1.41. The lowest BCUT2D eigenvalue weighted by Gasteiger charge is -2.34. The smallest absolute Gasteiger partial charge is 0.308 e. The highest BCUT2D eigenvalue weighted by Gasteiger charge is 2.34. The largest absolute Gasteiger partial charge is 0.490 e. The summed E-state index contributed by atoms with van der Waals surface area (Å²) in [6, 6.07) is 8.19. The lowest BCUT2D eigenvalue weighted by Crippen LogP contribution is -2.42. The van der Waals surface area contributed by atoms with Gasteiger partial charge in [-0.2, -0.15) is 0 Å². The molecule has 2 heterocycles. The number of piperidine rings is 1. The first-order valence-electron chi connectivity index (χ1n) is 11.8. The Morgan fingerprint density at radius 2 is 2.00 bits per heavy atom. The first-order valence-corrected chi connectivity index (χ1v) is 11.8. The molecule has 1 aliphatic heterocycles. The third-order valence-electron chi connectivity index (χ3n) is 6.35. The van der Waals surface area contributed by atoms with Gasteiger partial charge in [0, 0.05) is 18.8 Å². The number of ether oxygens (including phenoxy) is 2. The van der Waals surface area contributed by atoms with Crippen molar-refractivity contribution in [2.75, 3.05) is 24.6 Å². The maximum absolute atomic E-state index is 15.0. The van der Waals surface area contributed by atoms with Gasteiger partial charge in [0.25, 0.3) is 5.91 Å². The summed E-state index contributed by atoms with van der Waals surface area (Å²) in [5, 5.41) is 12.0. The number of nitrogens with one attached hydrogen (secondary N) is 1. The van der Waals surface area contributed by atoms with Gasteiger partial charge in [0.2, 0.25) is 0 Å². The number of nitrogens with zero attached hydrogens (tertiary/aromatic N) is 2. The highest BCUT2D eigenvalue weighted by atomic mass is 19.1. The van der Waals surface area contributed by atoms with Gasteiger partial charge >= 0.3 is 5.97 Å². The third kappa shape index (κ3) is 5.40. The minimum absolute atomic E-state index is 0.0766. The van der Waals surface area contributed by atoms with Crippen molar-refractivity contribution >= 4 is 17.7 Å². The van der Waals surface area contributed by atoms with E-state index < -0.39 is 29.7 Å². The zero-order valence-electron chi connectivity index (χ0n) is 19.2. The maximum atomic E-state index is 15.0. The van der Waals surface area contributed by atoms with Crippen molar-refractivity contribution < 1.29 is 28.6 Å². The van der Waals surface area contributed by atoms with Crippen molar-refractivity contribution in [3.63, 3.8) is 0 Å². The van der Waals surface area contributed by atoms with Crippen molar-refractivity contribution in [1.29, 1.82) is 0 Å². The number of para-hydroxylation sites is 2. The number of pyridine rings is 1. The van der Waals surface area contributed by atoms with Crippen LogP contribution in [0, 0.1) is 11.7 Å². The summed E-state index contributed by atoms with van der Waals surface area (Å²) in [6.07, 6.45) is 4.68. The van der Waals surface area contributed by atoms with Gasteiger partial charge in [-0.05, 0) is 50.8 Å². The van der Waals surface area contributed by atoms with Crippen LogP contribution in [0.5, 0.6) is 11.5 Å². The molecule has 182 valence electrons. The molecular weight excluding hydrogens is 441 g/mol. The van der Waals surface area contributed by atoms with Gasteiger partial charge in [0.15, 0.2) is 23.1 Å². The number of carboxylic acid groups (broad SMARTS) is 1. The second-order valence-corrected chi connectivity index (χ2v) is 8.69. The van der Waals surface area contributed by atoms with E-state index >= 15 is 0 Å². The van der Waals surface area contributed by atoms with E-state index in [9.17, 15) is 19.1 Å². The van der Waals surface area contributed by atoms with Crippen LogP contribution in [-0.2, 0) is 4.79 Å². The molecule has 0 spiro atoms. The summed E-state index contributed by atoms with van der Waals surface area (Å²) >= 11 is 0. The highest BCUT2D eigenvalue weighted by molar-refractivity contribution is 5.94. The Bertz CT molecular complexity index is 1030. The Labute approximate surface area is 198 Å². The summed E-state index contributed by atoms with van der Waals surface area (Å²) in [6.45, 7) is 3.53. The van der Waals surface area contributed by atoms with Crippen LogP contribution < -0.4 is 19.7 Å². The zero-order valence-corrected chi connectivity index (χ0v) is 19.2. The van der Waals surface area contributed by atoms with E-state index in [1.165, 1.54) is 6.20 Å². The van der Waals surface area contributed by atoms with Crippen molar-refractivity contribution in [1.82, 2.24) is 10.3 Å². The predicted molar refractivity (Wildman–Crippen MR) is 124 cm³/mol. The summed E-state index contributed by atoms with van der Waals surface area (Å²) in [7, 11) is 0. The van der Waals surface area contributed by atoms with Crippen molar-refractivity contribution in [3.05, 3.63) is 47.9 Å². The lowest BCUT2D eigenvalue weighted by molar-refractivity contribution is -0.142. The molecule has 1 aromatic heterocycles. The Morgan fingerprint density at radius 3 is 2.74 bits per heavy atom. The number of carbonyl (C=O) groups is 2. The molecule has 2 aromatic rings. The molecule has 1 amide bonds. The Hall–Kier alpha value is -3.36. The van der Waals surface area contributed by atoms with Crippen LogP contribution in [0.2, 0.25) is 0 Å². The number of aromatic nitrogens is 1. The molecule has 1 aromatic carbocycles. The average Bonchev–Trinajstić information content (AvgIpc) is 3.29. The van der Waals surface area contributed by atoms with Crippen LogP contribution >= 0.6 is 0 Å². The Morgan fingerprint density at radius 1 is 1.21 bits per heavy atom. The summed E-state index contributed by atoms with van der Waals surface area (Å²) in [5.41, 5.74) is 0.0766. The number of aliphatic carboxylic acids is 1. The van der Waals surface area contributed by atoms with Crippen molar-refractivity contribution in [3.8, 4) is 11.5 Å². The van der Waals surface area contributed by atoms with Crippen LogP contribution in [0.25, 0.3) is 0 Å². The number of hydrogen-bond acceptors (Lipinski definition) is 6. The number of anilines is 1. The monoisotopic (exact) mass is 471 g/mol. The summed E-state index contributed by atoms with van der Waals surface area (Å²) in [4.78, 5) is 30.0. The van der Waals surface area contributed by atoms with E-state index in [4.69, 9.17) is 9.47 Å². The number of amides is 1. The molecule has 9 heteroatoms. The lowest BCUT2D eigenvalue weighted by atomic mass is 10.0. The normalized spacial score (nSPS) is 22.3. The number of halogens is 1. The first kappa shape index (κ1) is 23.8. The molecule has 4 rings (SSSR count). The quantitative estimate of drug-likeness (QED) is 0.606. The summed E-state index contributed by atoms with van der Waals surface area (Å²) in [5.74, 6) is -1.13. The van der Waals surface area contributed by atoms with Crippen LogP contribution in [0.1, 0.15) is 49.4 Å². The van der Waals surface area contributed by atoms with Gasteiger partial charge < -0.3 is 24.8 Å². The number of carboxylic acids is 1. The number of rotatable bonds is 8. The molecule has 3 atom stereocenters. The van der Waals surface area contributed by atoms with E-state index in [1.807, 2.05) is 36.1 Å². The van der Waals surface area contributed by atoms with Gasteiger partial charge in [0.1, 0.15) is 6.10 Å². The molecule has 0 radical (unpaired) electrons. The SMILES string of the molecule is CCOc1ccccc1OC1CCCN(c2ncc(C(=O)NC3CCCC3C(=O)O)cc2F)C1. The van der Waals surface area contributed by atoms with E-state index in [0.29, 0.717) is 44.0 Å². The zero-order chi connectivity index (χ0) is 24.1. The van der Waals surface area contributed by atoms with Crippen LogP contribution in [0.3, 0.4) is 0 Å². The maximum Gasteiger partial charge on any atom is 0.308 e. The molecule has 34 heavy (non-hydrogen) atoms. The highest BCUT2D eigenvalue weighted by Crippen LogP contribution is 2.30. The predicted octanol–water partition coefficient (Wildman–Crippen LogP) is 3.65. The van der Waals surface area contributed by atoms with E-state index in [-0.39, 0.29) is 17.5 Å². The molecule has 1 aliphatic carbocycles. The van der Waals surface area contributed by atoms with Gasteiger partial charge in [-0.3, -0.25) is 9.59 Å². The van der Waals surface area contributed by atoms with Crippen LogP contribution in [-0.4, -0.2) is 53.8 Å². The van der Waals surface area contributed by atoms with Crippen molar-refractivity contribution in [2.24, 2.45) is 5.92 Å². The standard InChI is InChI=1S/C25H30FN3O5/c1-2-33-21-10-3-4-11-22(21)34-17-7-6-12-29(15-17)23-19(26)13-16(14-27-23)24(30)28-20-9-5-8-18(20)25(31)32/h3-4,10-11,13-14,17-18,20H,2,5-9,12,15H2,1H3,(H,28,30)(H,31,32). The molecule has 2 N–H and O–H groups in total. The fourth-order valence-electron chi connectivity index (χ4n) is 4.70. The second-order valence-electron chi connectivity index (χ2n) is 8.69. The molecular formula is C25H30FN3O5. The second kappa shape index (κ2) is 10.7. The minimum atomic E-state index is -0.923. The van der Waals surface area contributed by atoms with Crippen LogP contribution in [0.15, 0.2) is 36.5 Å². The fraction of sp³-hybridized carbons (Fsp3) is 0.480. The molecule has 1 saturated heterocycles. The van der Waals surface area contributed by atoms with Gasteiger partial charge in [-0.1, -0.05) is 18.6 Å². The van der Waals surface area contributed by atoms with E-state index in [0.717, 1.165) is 25.3 Å². The number of hydrogen-bond donors (Lipinski definition) is 2. The summed E-state index contributed by atoms with van der Waals surface area (Å²) < 4.78 is 26.8. The van der Waals surface area contributed by atoms with Gasteiger partial charge in [-0.25, -0.2) is 9.37 Å². The molecule has 2 aliphatic rings. The molecule has 3 unspecified atom stereocenters. The minimum Gasteiger partial charge on any atom is -0.490 e. The topological polar surface area (TPSA) is 101 Å². The van der Waals surface area contributed by atoms with E-state index in [1.54, 1.807) is 0 Å². The average molecular weight is 472 g/mol. The van der Waals surface area contributed by atoms with Gasteiger partial charge in [-0.15, -0.1) is 0 Å². The van der Waals surface area contributed by atoms with E-state index in [2.05, 4.69) is 10.3 Å². The molecule has 0 bridgehead atoms. The first-order chi connectivity index (χ1) is 16.5. The molecule has 1 saturated carbocycles. The number of benzene rings is 1. The molecule has 2 fully saturated rings. The van der Waals surface area contributed by atoms with Gasteiger partial charge in [0.05, 0.1) is 24.6 Å². The third-order valence-corrected chi connectivity index (χ3v) is 6.35. The van der Waals surface area contributed by atoms with Crippen molar-refractivity contribution in [2.45, 2.75) is 51.2 Å². The van der Waals surface area contributed by atoms with Crippen LogP contribution in [0.4, 0.5) is 10.2 Å². The fourth-order valence-corrected chi connectivity index (χ4v) is 4.70.